The summed E-state index contributed by atoms with van der Waals surface area (Å²) in [7, 11) is 0. The number of ketones is 1. The molecule has 0 bridgehead atoms. The number of nitrogens with zero attached hydrogens (tertiary/aromatic N) is 1. The van der Waals surface area contributed by atoms with Gasteiger partial charge in [0, 0.05) is 22.2 Å². The molecule has 1 atom stereocenters. The Morgan fingerprint density at radius 2 is 1.86 bits per heavy atom. The SMILES string of the molecule is O=C(c1cc(Br)cc([N+](=O)[O-])c1)C(Cl)c1ccc(F)cc1. The van der Waals surface area contributed by atoms with Gasteiger partial charge in [-0.3, -0.25) is 14.9 Å². The molecule has 0 aliphatic rings. The van der Waals surface area contributed by atoms with E-state index in [0.717, 1.165) is 6.07 Å². The van der Waals surface area contributed by atoms with Crippen molar-refractivity contribution in [1.82, 2.24) is 0 Å². The number of hydrogen-bond donors (Lipinski definition) is 0. The molecule has 0 aromatic heterocycles. The highest BCUT2D eigenvalue weighted by Crippen LogP contribution is 2.29. The van der Waals surface area contributed by atoms with Gasteiger partial charge in [-0.2, -0.15) is 0 Å². The lowest BCUT2D eigenvalue weighted by molar-refractivity contribution is -0.385. The van der Waals surface area contributed by atoms with Crippen LogP contribution in [0.1, 0.15) is 21.3 Å². The van der Waals surface area contributed by atoms with Gasteiger partial charge in [0.05, 0.1) is 4.92 Å². The summed E-state index contributed by atoms with van der Waals surface area (Å²) < 4.78 is 13.3. The zero-order chi connectivity index (χ0) is 15.6. The second-order valence-corrected chi connectivity index (χ2v) is 5.59. The van der Waals surface area contributed by atoms with Crippen molar-refractivity contribution in [1.29, 1.82) is 0 Å². The fraction of sp³-hybridized carbons (Fsp3) is 0.0714. The molecule has 0 spiro atoms. The van der Waals surface area contributed by atoms with E-state index >= 15 is 0 Å². The highest BCUT2D eigenvalue weighted by atomic mass is 79.9. The Hall–Kier alpha value is -1.79. The molecule has 2 rings (SSSR count). The predicted molar refractivity (Wildman–Crippen MR) is 80.1 cm³/mol. The van der Waals surface area contributed by atoms with Crippen LogP contribution in [-0.2, 0) is 0 Å². The third-order valence-corrected chi connectivity index (χ3v) is 3.68. The normalized spacial score (nSPS) is 12.0. The van der Waals surface area contributed by atoms with Gasteiger partial charge in [-0.25, -0.2) is 4.39 Å². The molecule has 21 heavy (non-hydrogen) atoms. The second-order valence-electron chi connectivity index (χ2n) is 4.23. The number of halogens is 3. The van der Waals surface area contributed by atoms with Crippen molar-refractivity contribution in [2.75, 3.05) is 0 Å². The first-order chi connectivity index (χ1) is 9.88. The zero-order valence-electron chi connectivity index (χ0n) is 10.4. The number of alkyl halides is 1. The van der Waals surface area contributed by atoms with Gasteiger partial charge in [-0.15, -0.1) is 11.6 Å². The van der Waals surface area contributed by atoms with Crippen LogP contribution in [0, 0.1) is 15.9 Å². The van der Waals surface area contributed by atoms with E-state index in [1.807, 2.05) is 0 Å². The van der Waals surface area contributed by atoms with E-state index in [1.165, 1.54) is 36.4 Å². The minimum absolute atomic E-state index is 0.111. The quantitative estimate of drug-likeness (QED) is 0.339. The van der Waals surface area contributed by atoms with Gasteiger partial charge >= 0.3 is 0 Å². The van der Waals surface area contributed by atoms with Crippen molar-refractivity contribution in [3.63, 3.8) is 0 Å². The topological polar surface area (TPSA) is 60.2 Å². The Balaban J connectivity index is 2.35. The number of carbonyl (C=O) groups excluding carboxylic acids is 1. The van der Waals surface area contributed by atoms with Crippen LogP contribution in [0.15, 0.2) is 46.9 Å². The Morgan fingerprint density at radius 3 is 2.43 bits per heavy atom. The third-order valence-electron chi connectivity index (χ3n) is 2.77. The third kappa shape index (κ3) is 3.65. The fourth-order valence-electron chi connectivity index (χ4n) is 1.75. The largest absolute Gasteiger partial charge is 0.292 e. The van der Waals surface area contributed by atoms with E-state index in [0.29, 0.717) is 10.0 Å². The number of nitro benzene ring substituents is 1. The first-order valence-corrected chi connectivity index (χ1v) is 7.00. The van der Waals surface area contributed by atoms with Crippen LogP contribution < -0.4 is 0 Å². The molecule has 0 aliphatic carbocycles. The lowest BCUT2D eigenvalue weighted by Crippen LogP contribution is -2.08. The molecular weight excluding hydrogens is 365 g/mol. The van der Waals surface area contributed by atoms with E-state index in [9.17, 15) is 19.3 Å². The lowest BCUT2D eigenvalue weighted by Gasteiger charge is -2.09. The summed E-state index contributed by atoms with van der Waals surface area (Å²) in [6.07, 6.45) is 0. The van der Waals surface area contributed by atoms with E-state index in [-0.39, 0.29) is 11.3 Å². The maximum atomic E-state index is 12.9. The number of non-ortho nitro benzene ring substituents is 1. The van der Waals surface area contributed by atoms with Gasteiger partial charge in [-0.05, 0) is 23.8 Å². The van der Waals surface area contributed by atoms with Crippen molar-refractivity contribution in [3.8, 4) is 0 Å². The van der Waals surface area contributed by atoms with Crippen LogP contribution in [0.2, 0.25) is 0 Å². The van der Waals surface area contributed by atoms with E-state index in [1.54, 1.807) is 0 Å². The zero-order valence-corrected chi connectivity index (χ0v) is 12.8. The average molecular weight is 373 g/mol. The Labute approximate surface area is 132 Å². The van der Waals surface area contributed by atoms with E-state index in [2.05, 4.69) is 15.9 Å². The minimum atomic E-state index is -1.04. The lowest BCUT2D eigenvalue weighted by atomic mass is 10.0. The summed E-state index contributed by atoms with van der Waals surface area (Å²) in [5.74, 6) is -0.930. The summed E-state index contributed by atoms with van der Waals surface area (Å²) in [6, 6.07) is 9.09. The molecule has 0 radical (unpaired) electrons. The number of carbonyl (C=O) groups is 1. The first kappa shape index (κ1) is 15.6. The summed E-state index contributed by atoms with van der Waals surface area (Å²) in [5, 5.41) is 9.76. The molecule has 108 valence electrons. The monoisotopic (exact) mass is 371 g/mol. The fourth-order valence-corrected chi connectivity index (χ4v) is 2.50. The smallest absolute Gasteiger partial charge is 0.271 e. The van der Waals surface area contributed by atoms with Crippen molar-refractivity contribution in [2.45, 2.75) is 5.38 Å². The molecular formula is C14H8BrClFNO3. The molecule has 4 nitrogen and oxygen atoms in total. The molecule has 0 amide bonds. The van der Waals surface area contributed by atoms with Crippen LogP contribution in [0.25, 0.3) is 0 Å². The first-order valence-electron chi connectivity index (χ1n) is 5.77. The molecule has 0 saturated carbocycles. The summed E-state index contributed by atoms with van der Waals surface area (Å²) >= 11 is 9.19. The maximum Gasteiger partial charge on any atom is 0.271 e. The molecule has 1 unspecified atom stereocenters. The Kier molecular flexibility index (Phi) is 4.69. The molecule has 2 aromatic carbocycles. The van der Waals surface area contributed by atoms with Crippen LogP contribution in [0.5, 0.6) is 0 Å². The highest BCUT2D eigenvalue weighted by Gasteiger charge is 2.22. The number of nitro groups is 1. The number of hydrogen-bond acceptors (Lipinski definition) is 3. The van der Waals surface area contributed by atoms with Crippen molar-refractivity contribution in [3.05, 3.63) is 74.0 Å². The average Bonchev–Trinajstić information content (AvgIpc) is 2.45. The Morgan fingerprint density at radius 1 is 1.24 bits per heavy atom. The predicted octanol–water partition coefficient (Wildman–Crippen LogP) is 4.66. The Bertz CT molecular complexity index is 706. The van der Waals surface area contributed by atoms with Crippen LogP contribution in [0.3, 0.4) is 0 Å². The summed E-state index contributed by atoms with van der Waals surface area (Å²) in [6.45, 7) is 0. The van der Waals surface area contributed by atoms with Crippen molar-refractivity contribution in [2.24, 2.45) is 0 Å². The molecule has 7 heteroatoms. The van der Waals surface area contributed by atoms with Crippen LogP contribution in [-0.4, -0.2) is 10.7 Å². The number of rotatable bonds is 4. The molecule has 0 N–H and O–H groups in total. The molecule has 0 aliphatic heterocycles. The minimum Gasteiger partial charge on any atom is -0.292 e. The maximum absolute atomic E-state index is 12.9. The van der Waals surface area contributed by atoms with Gasteiger partial charge in [0.25, 0.3) is 5.69 Å². The number of benzene rings is 2. The van der Waals surface area contributed by atoms with Gasteiger partial charge in [0.1, 0.15) is 11.2 Å². The van der Waals surface area contributed by atoms with Gasteiger partial charge in [0.15, 0.2) is 5.78 Å². The van der Waals surface area contributed by atoms with Crippen LogP contribution in [0.4, 0.5) is 10.1 Å². The molecule has 0 fully saturated rings. The number of Topliss-reactive ketones (excluding diaryl/α,β-unsaturated/α-hetero) is 1. The van der Waals surface area contributed by atoms with Gasteiger partial charge in [0.2, 0.25) is 0 Å². The van der Waals surface area contributed by atoms with Gasteiger partial charge < -0.3 is 0 Å². The van der Waals surface area contributed by atoms with E-state index < -0.39 is 21.9 Å². The van der Waals surface area contributed by atoms with E-state index in [4.69, 9.17) is 11.6 Å². The van der Waals surface area contributed by atoms with Crippen molar-refractivity contribution >= 4 is 39.0 Å². The summed E-state index contributed by atoms with van der Waals surface area (Å²) in [5.41, 5.74) is 0.321. The molecule has 0 saturated heterocycles. The molecule has 2 aromatic rings. The summed E-state index contributed by atoms with van der Waals surface area (Å²) in [4.78, 5) is 22.5. The van der Waals surface area contributed by atoms with Gasteiger partial charge in [-0.1, -0.05) is 28.1 Å². The second kappa shape index (κ2) is 6.32. The van der Waals surface area contributed by atoms with Crippen LogP contribution >= 0.6 is 27.5 Å². The van der Waals surface area contributed by atoms with Crippen molar-refractivity contribution < 1.29 is 14.1 Å². The highest BCUT2D eigenvalue weighted by molar-refractivity contribution is 9.10. The standard InChI is InChI=1S/C14H8BrClFNO3/c15-10-5-9(6-12(7-10)18(20)21)14(19)13(16)8-1-3-11(17)4-2-8/h1-7,13H. The molecule has 0 heterocycles.